The maximum absolute atomic E-state index is 5.85. The summed E-state index contributed by atoms with van der Waals surface area (Å²) in [5, 5.41) is 1.25. The second kappa shape index (κ2) is 8.45. The lowest BCUT2D eigenvalue weighted by Crippen LogP contribution is -2.48. The number of anilines is 1. The molecular weight excluding hydrogens is 368 g/mol. The van der Waals surface area contributed by atoms with E-state index in [4.69, 9.17) is 14.7 Å². The zero-order valence-electron chi connectivity index (χ0n) is 16.9. The summed E-state index contributed by atoms with van der Waals surface area (Å²) in [4.78, 5) is 17.1. The maximum atomic E-state index is 5.85. The van der Waals surface area contributed by atoms with E-state index in [1.54, 1.807) is 11.3 Å². The number of thiophene rings is 1. The van der Waals surface area contributed by atoms with Crippen molar-refractivity contribution < 1.29 is 4.74 Å². The van der Waals surface area contributed by atoms with E-state index in [0.717, 1.165) is 68.0 Å². The van der Waals surface area contributed by atoms with Crippen LogP contribution in [0.3, 0.4) is 0 Å². The van der Waals surface area contributed by atoms with Crippen molar-refractivity contribution in [3.8, 4) is 5.75 Å². The molecule has 2 aromatic heterocycles. The Morgan fingerprint density at radius 2 is 1.79 bits per heavy atom. The zero-order chi connectivity index (χ0) is 19.5. The van der Waals surface area contributed by atoms with E-state index in [1.807, 2.05) is 30.3 Å². The predicted octanol–water partition coefficient (Wildman–Crippen LogP) is 4.07. The second-order valence-electron chi connectivity index (χ2n) is 7.27. The van der Waals surface area contributed by atoms with Gasteiger partial charge in [0.1, 0.15) is 28.8 Å². The molecule has 0 N–H and O–H groups in total. The minimum Gasteiger partial charge on any atom is -0.492 e. The van der Waals surface area contributed by atoms with Gasteiger partial charge in [-0.15, -0.1) is 11.3 Å². The van der Waals surface area contributed by atoms with E-state index in [2.05, 4.69) is 30.6 Å². The molecule has 0 spiro atoms. The van der Waals surface area contributed by atoms with Crippen LogP contribution in [0.2, 0.25) is 0 Å². The Morgan fingerprint density at radius 1 is 1.04 bits per heavy atom. The Bertz CT molecular complexity index is 933. The average molecular weight is 397 g/mol. The summed E-state index contributed by atoms with van der Waals surface area (Å²) < 4.78 is 5.85. The molecule has 3 aromatic rings. The van der Waals surface area contributed by atoms with E-state index in [1.165, 1.54) is 15.8 Å². The number of fused-ring (bicyclic) bond motifs is 1. The Hall–Kier alpha value is -2.18. The first-order valence-corrected chi connectivity index (χ1v) is 10.9. The molecule has 1 aromatic carbocycles. The fourth-order valence-electron chi connectivity index (χ4n) is 3.65. The lowest BCUT2D eigenvalue weighted by molar-refractivity contribution is 0.200. The molecule has 6 heteroatoms. The number of hydrogen-bond donors (Lipinski definition) is 0. The standard InChI is InChI=1S/C22H28N4OS/c1-4-19-23-21(20-16(2)17(3)28-22(20)24-19)26-12-10-25(11-13-26)14-15-27-18-8-6-5-7-9-18/h5-9H,4,10-15H2,1-3H3. The van der Waals surface area contributed by atoms with Crippen LogP contribution in [0, 0.1) is 13.8 Å². The molecule has 0 atom stereocenters. The Kier molecular flexibility index (Phi) is 5.78. The zero-order valence-corrected chi connectivity index (χ0v) is 17.8. The number of rotatable bonds is 6. The summed E-state index contributed by atoms with van der Waals surface area (Å²) in [6, 6.07) is 10.0. The number of piperazine rings is 1. The van der Waals surface area contributed by atoms with Gasteiger partial charge in [0, 0.05) is 44.0 Å². The van der Waals surface area contributed by atoms with Crippen molar-refractivity contribution in [2.45, 2.75) is 27.2 Å². The van der Waals surface area contributed by atoms with Crippen LogP contribution in [0.5, 0.6) is 5.75 Å². The van der Waals surface area contributed by atoms with Gasteiger partial charge in [-0.05, 0) is 31.5 Å². The molecule has 1 saturated heterocycles. The predicted molar refractivity (Wildman–Crippen MR) is 117 cm³/mol. The first kappa shape index (κ1) is 19.2. The van der Waals surface area contributed by atoms with E-state index in [0.29, 0.717) is 0 Å². The molecule has 3 heterocycles. The highest BCUT2D eigenvalue weighted by Gasteiger charge is 2.23. The van der Waals surface area contributed by atoms with E-state index in [9.17, 15) is 0 Å². The lowest BCUT2D eigenvalue weighted by Gasteiger charge is -2.35. The third-order valence-corrected chi connectivity index (χ3v) is 6.56. The number of ether oxygens (including phenoxy) is 1. The highest BCUT2D eigenvalue weighted by Crippen LogP contribution is 2.35. The van der Waals surface area contributed by atoms with Crippen LogP contribution in [0.1, 0.15) is 23.2 Å². The smallest absolute Gasteiger partial charge is 0.141 e. The number of hydrogen-bond acceptors (Lipinski definition) is 6. The molecule has 0 unspecified atom stereocenters. The summed E-state index contributed by atoms with van der Waals surface area (Å²) in [5.41, 5.74) is 1.33. The fraction of sp³-hybridized carbons (Fsp3) is 0.455. The number of nitrogens with zero attached hydrogens (tertiary/aromatic N) is 4. The van der Waals surface area contributed by atoms with E-state index >= 15 is 0 Å². The highest BCUT2D eigenvalue weighted by molar-refractivity contribution is 7.18. The summed E-state index contributed by atoms with van der Waals surface area (Å²) in [6.45, 7) is 12.3. The van der Waals surface area contributed by atoms with Crippen LogP contribution in [0.25, 0.3) is 10.2 Å². The van der Waals surface area contributed by atoms with Gasteiger partial charge in [-0.2, -0.15) is 0 Å². The van der Waals surface area contributed by atoms with Crippen LogP contribution >= 0.6 is 11.3 Å². The van der Waals surface area contributed by atoms with Crippen LogP contribution in [0.4, 0.5) is 5.82 Å². The quantitative estimate of drug-likeness (QED) is 0.628. The van der Waals surface area contributed by atoms with Crippen LogP contribution in [-0.4, -0.2) is 54.2 Å². The van der Waals surface area contributed by atoms with E-state index in [-0.39, 0.29) is 0 Å². The van der Waals surface area contributed by atoms with Crippen molar-refractivity contribution in [3.63, 3.8) is 0 Å². The van der Waals surface area contributed by atoms with Gasteiger partial charge in [-0.25, -0.2) is 9.97 Å². The Morgan fingerprint density at radius 3 is 2.50 bits per heavy atom. The lowest BCUT2D eigenvalue weighted by atomic mass is 10.2. The monoisotopic (exact) mass is 396 g/mol. The molecule has 0 radical (unpaired) electrons. The van der Waals surface area contributed by atoms with Crippen molar-refractivity contribution in [2.75, 3.05) is 44.2 Å². The van der Waals surface area contributed by atoms with Crippen molar-refractivity contribution in [3.05, 3.63) is 46.6 Å². The van der Waals surface area contributed by atoms with Gasteiger partial charge in [0.05, 0.1) is 5.39 Å². The number of benzene rings is 1. The molecule has 1 aliphatic heterocycles. The van der Waals surface area contributed by atoms with Gasteiger partial charge in [-0.3, -0.25) is 4.90 Å². The maximum Gasteiger partial charge on any atom is 0.141 e. The molecule has 0 aliphatic carbocycles. The molecule has 4 rings (SSSR count). The SMILES string of the molecule is CCc1nc(N2CCN(CCOc3ccccc3)CC2)c2c(C)c(C)sc2n1. The van der Waals surface area contributed by atoms with Crippen LogP contribution in [0.15, 0.2) is 30.3 Å². The third kappa shape index (κ3) is 3.98. The van der Waals surface area contributed by atoms with Gasteiger partial charge in [0.15, 0.2) is 0 Å². The number of aryl methyl sites for hydroxylation is 3. The number of aromatic nitrogens is 2. The van der Waals surface area contributed by atoms with Crippen LogP contribution < -0.4 is 9.64 Å². The van der Waals surface area contributed by atoms with Crippen molar-refractivity contribution in [2.24, 2.45) is 0 Å². The highest BCUT2D eigenvalue weighted by atomic mass is 32.1. The van der Waals surface area contributed by atoms with Gasteiger partial charge >= 0.3 is 0 Å². The molecule has 0 amide bonds. The minimum absolute atomic E-state index is 0.727. The molecule has 28 heavy (non-hydrogen) atoms. The first-order chi connectivity index (χ1) is 13.7. The van der Waals surface area contributed by atoms with Gasteiger partial charge in [-0.1, -0.05) is 25.1 Å². The average Bonchev–Trinajstić information content (AvgIpc) is 3.02. The topological polar surface area (TPSA) is 41.5 Å². The first-order valence-electron chi connectivity index (χ1n) is 10.1. The third-order valence-electron chi connectivity index (χ3n) is 5.46. The molecule has 0 bridgehead atoms. The Labute approximate surface area is 171 Å². The van der Waals surface area contributed by atoms with Gasteiger partial charge in [0.2, 0.25) is 0 Å². The molecular formula is C22H28N4OS. The summed E-state index contributed by atoms with van der Waals surface area (Å²) in [6.07, 6.45) is 0.871. The van der Waals surface area contributed by atoms with Crippen LogP contribution in [-0.2, 0) is 6.42 Å². The molecule has 0 saturated carbocycles. The van der Waals surface area contributed by atoms with Gasteiger partial charge < -0.3 is 9.64 Å². The molecule has 1 fully saturated rings. The summed E-state index contributed by atoms with van der Waals surface area (Å²) >= 11 is 1.79. The molecule has 148 valence electrons. The minimum atomic E-state index is 0.727. The Balaban J connectivity index is 1.41. The fourth-order valence-corrected chi connectivity index (χ4v) is 4.69. The second-order valence-corrected chi connectivity index (χ2v) is 8.47. The molecule has 1 aliphatic rings. The van der Waals surface area contributed by atoms with Crippen molar-refractivity contribution in [1.29, 1.82) is 0 Å². The molecule has 5 nitrogen and oxygen atoms in total. The summed E-state index contributed by atoms with van der Waals surface area (Å²) in [7, 11) is 0. The van der Waals surface area contributed by atoms with E-state index < -0.39 is 0 Å². The normalized spacial score (nSPS) is 15.3. The number of para-hydroxylation sites is 1. The summed E-state index contributed by atoms with van der Waals surface area (Å²) in [5.74, 6) is 3.02. The van der Waals surface area contributed by atoms with Crippen molar-refractivity contribution >= 4 is 27.4 Å². The van der Waals surface area contributed by atoms with Crippen molar-refractivity contribution in [1.82, 2.24) is 14.9 Å². The largest absolute Gasteiger partial charge is 0.492 e. The van der Waals surface area contributed by atoms with Gasteiger partial charge in [0.25, 0.3) is 0 Å².